The number of hydrogen-bond acceptors (Lipinski definition) is 1. The molecule has 0 amide bonds. The standard InChI is InChI=1S/C6H8BrClO/c1-2-3-9-6(4-7)5-8/h1,6H,3-5H2. The molecular weight excluding hydrogens is 203 g/mol. The van der Waals surface area contributed by atoms with Crippen LogP contribution < -0.4 is 0 Å². The predicted molar refractivity (Wildman–Crippen MR) is 43.1 cm³/mol. The fourth-order valence-corrected chi connectivity index (χ4v) is 1.17. The van der Waals surface area contributed by atoms with Crippen LogP contribution in [0.25, 0.3) is 0 Å². The lowest BCUT2D eigenvalue weighted by Crippen LogP contribution is -2.16. The average Bonchev–Trinajstić information content (AvgIpc) is 1.91. The molecule has 1 nitrogen and oxygen atoms in total. The summed E-state index contributed by atoms with van der Waals surface area (Å²) in [6.45, 7) is 0.336. The largest absolute Gasteiger partial charge is 0.363 e. The van der Waals surface area contributed by atoms with Crippen LogP contribution in [0.4, 0.5) is 0 Å². The summed E-state index contributed by atoms with van der Waals surface area (Å²) >= 11 is 8.71. The van der Waals surface area contributed by atoms with Crippen molar-refractivity contribution >= 4 is 27.5 Å². The Kier molecular flexibility index (Phi) is 6.62. The van der Waals surface area contributed by atoms with Gasteiger partial charge in [0.25, 0.3) is 0 Å². The highest BCUT2D eigenvalue weighted by atomic mass is 79.9. The maximum atomic E-state index is 5.48. The van der Waals surface area contributed by atoms with Crippen molar-refractivity contribution in [1.82, 2.24) is 0 Å². The summed E-state index contributed by atoms with van der Waals surface area (Å²) in [6.07, 6.45) is 5.00. The maximum absolute atomic E-state index is 5.48. The van der Waals surface area contributed by atoms with E-state index in [1.54, 1.807) is 0 Å². The van der Waals surface area contributed by atoms with E-state index in [1.165, 1.54) is 0 Å². The van der Waals surface area contributed by atoms with Crippen LogP contribution in [-0.4, -0.2) is 23.9 Å². The lowest BCUT2D eigenvalue weighted by molar-refractivity contribution is 0.113. The molecule has 3 heteroatoms. The first-order chi connectivity index (χ1) is 4.35. The van der Waals surface area contributed by atoms with Crippen molar-refractivity contribution in [2.24, 2.45) is 0 Å². The number of rotatable bonds is 4. The van der Waals surface area contributed by atoms with Gasteiger partial charge in [-0.3, -0.25) is 0 Å². The van der Waals surface area contributed by atoms with E-state index in [4.69, 9.17) is 22.8 Å². The lowest BCUT2D eigenvalue weighted by Gasteiger charge is -2.07. The van der Waals surface area contributed by atoms with Crippen LogP contribution in [0.5, 0.6) is 0 Å². The minimum absolute atomic E-state index is 0.0442. The van der Waals surface area contributed by atoms with Gasteiger partial charge in [0, 0.05) is 11.2 Å². The zero-order valence-corrected chi connectivity index (χ0v) is 7.28. The molecule has 0 saturated carbocycles. The Balaban J connectivity index is 3.22. The third-order valence-electron chi connectivity index (χ3n) is 0.747. The van der Waals surface area contributed by atoms with E-state index in [9.17, 15) is 0 Å². The van der Waals surface area contributed by atoms with E-state index in [1.807, 2.05) is 0 Å². The van der Waals surface area contributed by atoms with Crippen LogP contribution in [-0.2, 0) is 4.74 Å². The van der Waals surface area contributed by atoms with Crippen LogP contribution >= 0.6 is 27.5 Å². The summed E-state index contributed by atoms with van der Waals surface area (Å²) in [5, 5.41) is 0.734. The molecular formula is C6H8BrClO. The van der Waals surface area contributed by atoms with Gasteiger partial charge in [-0.1, -0.05) is 21.9 Å². The summed E-state index contributed by atoms with van der Waals surface area (Å²) in [5.41, 5.74) is 0. The molecule has 0 N–H and O–H groups in total. The monoisotopic (exact) mass is 210 g/mol. The molecule has 0 aliphatic heterocycles. The van der Waals surface area contributed by atoms with Gasteiger partial charge >= 0.3 is 0 Å². The zero-order valence-electron chi connectivity index (χ0n) is 4.94. The fourth-order valence-electron chi connectivity index (χ4n) is 0.296. The molecule has 0 aromatic heterocycles. The van der Waals surface area contributed by atoms with Gasteiger partial charge in [-0.25, -0.2) is 0 Å². The molecule has 0 heterocycles. The topological polar surface area (TPSA) is 9.23 Å². The van der Waals surface area contributed by atoms with Gasteiger partial charge in [0.05, 0.1) is 6.10 Å². The molecule has 0 aromatic carbocycles. The van der Waals surface area contributed by atoms with Crippen molar-refractivity contribution in [3.63, 3.8) is 0 Å². The van der Waals surface area contributed by atoms with Gasteiger partial charge < -0.3 is 4.74 Å². The fraction of sp³-hybridized carbons (Fsp3) is 0.667. The minimum atomic E-state index is 0.0442. The number of ether oxygens (including phenoxy) is 1. The Labute approximate surface area is 68.8 Å². The number of alkyl halides is 2. The molecule has 0 radical (unpaired) electrons. The number of hydrogen-bond donors (Lipinski definition) is 0. The molecule has 0 aliphatic carbocycles. The summed E-state index contributed by atoms with van der Waals surface area (Å²) in [6, 6.07) is 0. The molecule has 0 bridgehead atoms. The van der Waals surface area contributed by atoms with Crippen LogP contribution in [0.3, 0.4) is 0 Å². The van der Waals surface area contributed by atoms with Crippen molar-refractivity contribution in [3.8, 4) is 12.3 Å². The Hall–Kier alpha value is 0.290. The van der Waals surface area contributed by atoms with E-state index in [2.05, 4.69) is 21.9 Å². The van der Waals surface area contributed by atoms with E-state index in [0.29, 0.717) is 12.5 Å². The van der Waals surface area contributed by atoms with Gasteiger partial charge in [-0.05, 0) is 0 Å². The van der Waals surface area contributed by atoms with Gasteiger partial charge in [-0.2, -0.15) is 0 Å². The van der Waals surface area contributed by atoms with Gasteiger partial charge in [0.2, 0.25) is 0 Å². The quantitative estimate of drug-likeness (QED) is 0.507. The van der Waals surface area contributed by atoms with Crippen molar-refractivity contribution in [1.29, 1.82) is 0 Å². The third kappa shape index (κ3) is 4.77. The number of halogens is 2. The summed E-state index contributed by atoms with van der Waals surface area (Å²) < 4.78 is 5.07. The van der Waals surface area contributed by atoms with Gasteiger partial charge in [0.1, 0.15) is 6.61 Å². The van der Waals surface area contributed by atoms with Crippen LogP contribution in [0, 0.1) is 12.3 Å². The normalized spacial score (nSPS) is 12.6. The summed E-state index contributed by atoms with van der Waals surface area (Å²) in [4.78, 5) is 0. The summed E-state index contributed by atoms with van der Waals surface area (Å²) in [7, 11) is 0. The van der Waals surface area contributed by atoms with Crippen LogP contribution in [0.15, 0.2) is 0 Å². The average molecular weight is 211 g/mol. The van der Waals surface area contributed by atoms with E-state index in [0.717, 1.165) is 5.33 Å². The highest BCUT2D eigenvalue weighted by Crippen LogP contribution is 1.98. The van der Waals surface area contributed by atoms with Crippen LogP contribution in [0.2, 0.25) is 0 Å². The molecule has 1 atom stereocenters. The Morgan fingerprint density at radius 1 is 1.78 bits per heavy atom. The number of terminal acetylenes is 1. The Morgan fingerprint density at radius 3 is 2.78 bits per heavy atom. The molecule has 0 rings (SSSR count). The molecule has 1 unspecified atom stereocenters. The molecule has 0 saturated heterocycles. The molecule has 0 aromatic rings. The minimum Gasteiger partial charge on any atom is -0.363 e. The molecule has 0 spiro atoms. The molecule has 52 valence electrons. The van der Waals surface area contributed by atoms with Gasteiger partial charge in [-0.15, -0.1) is 18.0 Å². The summed E-state index contributed by atoms with van der Waals surface area (Å²) in [5.74, 6) is 2.84. The van der Waals surface area contributed by atoms with Crippen LogP contribution in [0.1, 0.15) is 0 Å². The maximum Gasteiger partial charge on any atom is 0.107 e. The first-order valence-electron chi connectivity index (χ1n) is 2.52. The van der Waals surface area contributed by atoms with E-state index >= 15 is 0 Å². The smallest absolute Gasteiger partial charge is 0.107 e. The lowest BCUT2D eigenvalue weighted by atomic mass is 10.5. The molecule has 9 heavy (non-hydrogen) atoms. The third-order valence-corrected chi connectivity index (χ3v) is 1.81. The first-order valence-corrected chi connectivity index (χ1v) is 4.17. The molecule has 0 aliphatic rings. The van der Waals surface area contributed by atoms with E-state index in [-0.39, 0.29) is 6.10 Å². The van der Waals surface area contributed by atoms with Crippen molar-refractivity contribution in [2.45, 2.75) is 6.10 Å². The first kappa shape index (κ1) is 9.29. The zero-order chi connectivity index (χ0) is 7.11. The second kappa shape index (κ2) is 6.41. The SMILES string of the molecule is C#CCOC(CCl)CBr. The van der Waals surface area contributed by atoms with Crippen molar-refractivity contribution in [2.75, 3.05) is 17.8 Å². The Bertz CT molecular complexity index is 95.7. The predicted octanol–water partition coefficient (Wildman–Crippen LogP) is 1.64. The van der Waals surface area contributed by atoms with Crippen molar-refractivity contribution in [3.05, 3.63) is 0 Å². The molecule has 0 fully saturated rings. The second-order valence-corrected chi connectivity index (χ2v) is 2.40. The van der Waals surface area contributed by atoms with Crippen molar-refractivity contribution < 1.29 is 4.74 Å². The highest BCUT2D eigenvalue weighted by Gasteiger charge is 2.02. The Morgan fingerprint density at radius 2 is 2.44 bits per heavy atom. The second-order valence-electron chi connectivity index (χ2n) is 1.45. The highest BCUT2D eigenvalue weighted by molar-refractivity contribution is 9.09. The van der Waals surface area contributed by atoms with Gasteiger partial charge in [0.15, 0.2) is 0 Å². The van der Waals surface area contributed by atoms with E-state index < -0.39 is 0 Å².